The second-order valence-corrected chi connectivity index (χ2v) is 7.87. The molecule has 0 radical (unpaired) electrons. The standard InChI is InChI=1S/C24H21F3N6O2/c1-13(15-7-4-8-16(19(15)25)20(26)27)31-21-17-10-18(24(35)33(3)22(17)30-12-29-21)23(34)32(2)14-6-5-9-28-11-14/h4-13,20H,1-3H3,(H,29,30,31)/t13-/m1/s1. The summed E-state index contributed by atoms with van der Waals surface area (Å²) in [6.07, 6.45) is 1.31. The normalized spacial score (nSPS) is 12.1. The number of nitrogens with zero attached hydrogens (tertiary/aromatic N) is 5. The SMILES string of the molecule is C[C@@H](Nc1ncnc2c1cc(C(=O)N(C)c1cccnc1)c(=O)n2C)c1cccc(C(F)F)c1F. The third kappa shape index (κ3) is 4.44. The van der Waals surface area contributed by atoms with Gasteiger partial charge in [-0.15, -0.1) is 0 Å². The minimum atomic E-state index is -2.96. The molecule has 0 bridgehead atoms. The van der Waals surface area contributed by atoms with Gasteiger partial charge in [-0.2, -0.15) is 0 Å². The van der Waals surface area contributed by atoms with Crippen molar-refractivity contribution in [3.63, 3.8) is 0 Å². The van der Waals surface area contributed by atoms with Crippen LogP contribution in [0.3, 0.4) is 0 Å². The van der Waals surface area contributed by atoms with Crippen LogP contribution in [0.1, 0.15) is 40.9 Å². The number of halogens is 3. The van der Waals surface area contributed by atoms with Gasteiger partial charge in [-0.3, -0.25) is 19.1 Å². The van der Waals surface area contributed by atoms with E-state index in [0.717, 1.165) is 6.07 Å². The first-order chi connectivity index (χ1) is 16.7. The van der Waals surface area contributed by atoms with E-state index in [2.05, 4.69) is 20.3 Å². The van der Waals surface area contributed by atoms with Crippen molar-refractivity contribution in [2.24, 2.45) is 7.05 Å². The van der Waals surface area contributed by atoms with Crippen molar-refractivity contribution in [2.75, 3.05) is 17.3 Å². The zero-order chi connectivity index (χ0) is 25.3. The number of nitrogens with one attached hydrogen (secondary N) is 1. The Bertz CT molecular complexity index is 1460. The van der Waals surface area contributed by atoms with Crippen LogP contribution in [0.15, 0.2) is 59.9 Å². The quantitative estimate of drug-likeness (QED) is 0.442. The number of carbonyl (C=O) groups is 1. The van der Waals surface area contributed by atoms with Gasteiger partial charge in [0, 0.05) is 25.9 Å². The number of fused-ring (bicyclic) bond motifs is 1. The molecule has 3 heterocycles. The molecule has 0 saturated heterocycles. The Morgan fingerprint density at radius 3 is 2.57 bits per heavy atom. The number of hydrogen-bond donors (Lipinski definition) is 1. The van der Waals surface area contributed by atoms with Crippen molar-refractivity contribution in [3.05, 3.63) is 88.0 Å². The van der Waals surface area contributed by atoms with E-state index in [0.29, 0.717) is 11.1 Å². The van der Waals surface area contributed by atoms with Gasteiger partial charge in [0.05, 0.1) is 28.9 Å². The van der Waals surface area contributed by atoms with Crippen molar-refractivity contribution in [1.82, 2.24) is 19.5 Å². The predicted octanol–water partition coefficient (Wildman–Crippen LogP) is 4.25. The minimum absolute atomic E-state index is 0.0204. The zero-order valence-corrected chi connectivity index (χ0v) is 19.0. The van der Waals surface area contributed by atoms with Gasteiger partial charge in [0.1, 0.15) is 29.2 Å². The van der Waals surface area contributed by atoms with Crippen molar-refractivity contribution < 1.29 is 18.0 Å². The Labute approximate surface area is 198 Å². The van der Waals surface area contributed by atoms with Crippen LogP contribution in [-0.2, 0) is 7.05 Å². The average molecular weight is 482 g/mol. The summed E-state index contributed by atoms with van der Waals surface area (Å²) in [5, 5.41) is 3.32. The van der Waals surface area contributed by atoms with E-state index in [1.807, 2.05) is 0 Å². The van der Waals surface area contributed by atoms with E-state index in [9.17, 15) is 22.8 Å². The smallest absolute Gasteiger partial charge is 0.266 e. The van der Waals surface area contributed by atoms with Crippen LogP contribution < -0.4 is 15.8 Å². The fourth-order valence-electron chi connectivity index (χ4n) is 3.74. The van der Waals surface area contributed by atoms with Crippen LogP contribution in [-0.4, -0.2) is 32.5 Å². The van der Waals surface area contributed by atoms with Crippen molar-refractivity contribution >= 4 is 28.4 Å². The highest BCUT2D eigenvalue weighted by Gasteiger charge is 2.23. The number of pyridine rings is 2. The summed E-state index contributed by atoms with van der Waals surface area (Å²) in [5.41, 5.74) is -0.647. The molecular formula is C24H21F3N6O2. The molecule has 1 aromatic carbocycles. The van der Waals surface area contributed by atoms with Crippen LogP contribution in [0.5, 0.6) is 0 Å². The van der Waals surface area contributed by atoms with E-state index in [1.165, 1.54) is 54.3 Å². The molecule has 3 aromatic heterocycles. The molecule has 35 heavy (non-hydrogen) atoms. The number of aromatic nitrogens is 4. The first kappa shape index (κ1) is 23.9. The Morgan fingerprint density at radius 2 is 1.89 bits per heavy atom. The molecule has 0 spiro atoms. The number of rotatable bonds is 6. The predicted molar refractivity (Wildman–Crippen MR) is 125 cm³/mol. The number of anilines is 2. The van der Waals surface area contributed by atoms with Gasteiger partial charge in [-0.25, -0.2) is 23.1 Å². The molecule has 0 saturated carbocycles. The van der Waals surface area contributed by atoms with E-state index < -0.39 is 35.3 Å². The fourth-order valence-corrected chi connectivity index (χ4v) is 3.74. The summed E-state index contributed by atoms with van der Waals surface area (Å²) in [7, 11) is 2.99. The summed E-state index contributed by atoms with van der Waals surface area (Å²) < 4.78 is 42.2. The molecule has 1 atom stereocenters. The first-order valence-electron chi connectivity index (χ1n) is 10.6. The summed E-state index contributed by atoms with van der Waals surface area (Å²) in [4.78, 5) is 39.7. The Hall–Kier alpha value is -4.28. The van der Waals surface area contributed by atoms with Gasteiger partial charge >= 0.3 is 0 Å². The number of alkyl halides is 2. The number of amides is 1. The van der Waals surface area contributed by atoms with E-state index in [1.54, 1.807) is 25.3 Å². The fraction of sp³-hybridized carbons (Fsp3) is 0.208. The monoisotopic (exact) mass is 482 g/mol. The molecule has 0 fully saturated rings. The van der Waals surface area contributed by atoms with Gasteiger partial charge in [0.25, 0.3) is 17.9 Å². The molecule has 0 unspecified atom stereocenters. The zero-order valence-electron chi connectivity index (χ0n) is 19.0. The van der Waals surface area contributed by atoms with Crippen LogP contribution in [0.2, 0.25) is 0 Å². The van der Waals surface area contributed by atoms with Gasteiger partial charge in [0.15, 0.2) is 0 Å². The number of benzene rings is 1. The summed E-state index contributed by atoms with van der Waals surface area (Å²) in [6, 6.07) is 7.73. The Balaban J connectivity index is 1.77. The van der Waals surface area contributed by atoms with Crippen LogP contribution in [0.4, 0.5) is 24.7 Å². The van der Waals surface area contributed by atoms with E-state index >= 15 is 0 Å². The molecule has 0 aliphatic rings. The van der Waals surface area contributed by atoms with Crippen molar-refractivity contribution in [2.45, 2.75) is 19.4 Å². The highest BCUT2D eigenvalue weighted by Crippen LogP contribution is 2.30. The molecule has 8 nitrogen and oxygen atoms in total. The maximum Gasteiger partial charge on any atom is 0.266 e. The van der Waals surface area contributed by atoms with Gasteiger partial charge in [0.2, 0.25) is 0 Å². The molecule has 1 amide bonds. The molecule has 4 rings (SSSR count). The molecule has 0 aliphatic heterocycles. The lowest BCUT2D eigenvalue weighted by Crippen LogP contribution is -2.34. The number of aryl methyl sites for hydroxylation is 1. The average Bonchev–Trinajstić information content (AvgIpc) is 2.86. The van der Waals surface area contributed by atoms with Crippen LogP contribution >= 0.6 is 0 Å². The lowest BCUT2D eigenvalue weighted by atomic mass is 10.0. The Morgan fingerprint density at radius 1 is 1.14 bits per heavy atom. The van der Waals surface area contributed by atoms with Crippen molar-refractivity contribution in [3.8, 4) is 0 Å². The van der Waals surface area contributed by atoms with Gasteiger partial charge in [-0.05, 0) is 25.1 Å². The van der Waals surface area contributed by atoms with Crippen LogP contribution in [0.25, 0.3) is 11.0 Å². The summed E-state index contributed by atoms with van der Waals surface area (Å²) in [6.45, 7) is 1.59. The Kier molecular flexibility index (Phi) is 6.50. The highest BCUT2D eigenvalue weighted by atomic mass is 19.3. The lowest BCUT2D eigenvalue weighted by molar-refractivity contribution is 0.0991. The third-order valence-corrected chi connectivity index (χ3v) is 5.69. The maximum absolute atomic E-state index is 14.7. The molecule has 1 N–H and O–H groups in total. The van der Waals surface area contributed by atoms with Crippen LogP contribution in [0, 0.1) is 5.82 Å². The first-order valence-corrected chi connectivity index (χ1v) is 10.6. The second-order valence-electron chi connectivity index (χ2n) is 7.87. The molecule has 180 valence electrons. The third-order valence-electron chi connectivity index (χ3n) is 5.69. The lowest BCUT2D eigenvalue weighted by Gasteiger charge is -2.20. The topological polar surface area (TPSA) is 93.0 Å². The molecule has 4 aromatic rings. The summed E-state index contributed by atoms with van der Waals surface area (Å²) >= 11 is 0. The maximum atomic E-state index is 14.7. The highest BCUT2D eigenvalue weighted by molar-refractivity contribution is 6.07. The molecule has 11 heteroatoms. The minimum Gasteiger partial charge on any atom is -0.363 e. The number of carbonyl (C=O) groups excluding carboxylic acids is 1. The number of hydrogen-bond acceptors (Lipinski definition) is 6. The molecule has 0 aliphatic carbocycles. The largest absolute Gasteiger partial charge is 0.363 e. The second kappa shape index (κ2) is 9.53. The van der Waals surface area contributed by atoms with Crippen molar-refractivity contribution in [1.29, 1.82) is 0 Å². The van der Waals surface area contributed by atoms with E-state index in [-0.39, 0.29) is 22.6 Å². The van der Waals surface area contributed by atoms with Gasteiger partial charge in [-0.1, -0.05) is 18.2 Å². The summed E-state index contributed by atoms with van der Waals surface area (Å²) in [5.74, 6) is -1.38. The van der Waals surface area contributed by atoms with E-state index in [4.69, 9.17) is 0 Å². The van der Waals surface area contributed by atoms with Gasteiger partial charge < -0.3 is 10.2 Å². The molecular weight excluding hydrogens is 461 g/mol.